The Balaban J connectivity index is 1.81. The number of carboxylic acids is 2. The number of hydrogen-bond acceptors (Lipinski definition) is 7. The van der Waals surface area contributed by atoms with E-state index in [4.69, 9.17) is 5.73 Å². The lowest BCUT2D eigenvalue weighted by molar-refractivity contribution is -0.886. The lowest BCUT2D eigenvalue weighted by Gasteiger charge is -2.48. The summed E-state index contributed by atoms with van der Waals surface area (Å²) < 4.78 is 1.56. The number of hydrogen-bond donors (Lipinski definition) is 4. The van der Waals surface area contributed by atoms with Crippen LogP contribution in [0.3, 0.4) is 0 Å². The zero-order valence-electron chi connectivity index (χ0n) is 16.4. The van der Waals surface area contributed by atoms with Crippen LogP contribution in [0.4, 0.5) is 0 Å². The molecular formula is C18H23N4O7S+. The number of pyridine rings is 1. The van der Waals surface area contributed by atoms with Gasteiger partial charge >= 0.3 is 11.9 Å². The van der Waals surface area contributed by atoms with E-state index in [1.807, 2.05) is 14.1 Å². The Morgan fingerprint density at radius 1 is 1.27 bits per heavy atom. The molecule has 0 aliphatic carbocycles. The van der Waals surface area contributed by atoms with Crippen LogP contribution < -0.4 is 11.2 Å². The average Bonchev–Trinajstić information content (AvgIpc) is 2.66. The van der Waals surface area contributed by atoms with Gasteiger partial charge in [0.15, 0.2) is 5.75 Å². The third-order valence-corrected chi connectivity index (χ3v) is 6.54. The van der Waals surface area contributed by atoms with Gasteiger partial charge in [0.2, 0.25) is 11.3 Å². The summed E-state index contributed by atoms with van der Waals surface area (Å²) in [5, 5.41) is 28.2. The minimum absolute atomic E-state index is 0.0381. The van der Waals surface area contributed by atoms with E-state index in [9.17, 15) is 34.5 Å². The third-order valence-electron chi connectivity index (χ3n) is 5.18. The zero-order chi connectivity index (χ0) is 22.4. The standard InChI is InChI=1S/C18H22N4O7S/c1-22(2,4-3-20-6-12(24)11(23)5-10(20)17(26)27)7-9-8-30-16-13(19)15(25)21(16)14(9)18(28)29/h5-6,13,16H,3-4,7-8,19H2,1-2H3,(H2-,24,26,27,28,29)/p+1/t13-,16+/m1/s1. The molecule has 30 heavy (non-hydrogen) atoms. The average molecular weight is 439 g/mol. The number of amides is 1. The van der Waals surface area contributed by atoms with E-state index in [-0.39, 0.29) is 27.8 Å². The maximum absolute atomic E-state index is 12.1. The van der Waals surface area contributed by atoms with Crippen molar-refractivity contribution in [3.63, 3.8) is 0 Å². The first-order chi connectivity index (χ1) is 13.9. The van der Waals surface area contributed by atoms with Crippen molar-refractivity contribution < 1.29 is 34.2 Å². The molecule has 0 aromatic carbocycles. The van der Waals surface area contributed by atoms with Gasteiger partial charge in [0.1, 0.15) is 29.4 Å². The van der Waals surface area contributed by atoms with Gasteiger partial charge < -0.3 is 30.1 Å². The van der Waals surface area contributed by atoms with E-state index in [0.29, 0.717) is 24.4 Å². The molecule has 1 fully saturated rings. The van der Waals surface area contributed by atoms with Gasteiger partial charge in [-0.25, -0.2) is 9.59 Å². The molecule has 0 spiro atoms. The van der Waals surface area contributed by atoms with E-state index in [1.165, 1.54) is 21.2 Å². The van der Waals surface area contributed by atoms with Gasteiger partial charge in [-0.3, -0.25) is 14.5 Å². The number of thioether (sulfide) groups is 1. The van der Waals surface area contributed by atoms with Gasteiger partial charge in [-0.15, -0.1) is 11.8 Å². The van der Waals surface area contributed by atoms with Crippen molar-refractivity contribution in [2.75, 3.05) is 32.9 Å². The number of aliphatic carboxylic acids is 1. The molecule has 1 amide bonds. The minimum atomic E-state index is -1.30. The summed E-state index contributed by atoms with van der Waals surface area (Å²) in [4.78, 5) is 48.1. The summed E-state index contributed by atoms with van der Waals surface area (Å²) in [7, 11) is 3.69. The maximum Gasteiger partial charge on any atom is 0.352 e. The van der Waals surface area contributed by atoms with Gasteiger partial charge in [0, 0.05) is 17.4 Å². The number of quaternary nitrogens is 1. The molecule has 0 bridgehead atoms. The highest BCUT2D eigenvalue weighted by molar-refractivity contribution is 8.00. The van der Waals surface area contributed by atoms with Crippen LogP contribution in [0.5, 0.6) is 5.75 Å². The SMILES string of the molecule is C[N+](C)(CCn1cc(O)c(=O)cc1C(=O)O)CC1=C(C(=O)O)N2C(=O)[C@@H](N)[C@@H]2SC1. The molecule has 12 heteroatoms. The third kappa shape index (κ3) is 3.93. The Morgan fingerprint density at radius 2 is 1.93 bits per heavy atom. The highest BCUT2D eigenvalue weighted by atomic mass is 32.2. The van der Waals surface area contributed by atoms with Crippen LogP contribution in [-0.4, -0.2) is 91.5 Å². The number of carboxylic acid groups (broad SMARTS) is 2. The lowest BCUT2D eigenvalue weighted by atomic mass is 10.0. The molecule has 0 unspecified atom stereocenters. The Bertz CT molecular complexity index is 1020. The molecule has 2 aliphatic rings. The predicted octanol–water partition coefficient (Wildman–Crippen LogP) is -1.09. The van der Waals surface area contributed by atoms with Gasteiger partial charge in [0.05, 0.1) is 33.4 Å². The number of aromatic hydroxyl groups is 1. The zero-order valence-corrected chi connectivity index (χ0v) is 17.3. The summed E-state index contributed by atoms with van der Waals surface area (Å²) in [6.45, 7) is 0.858. The van der Waals surface area contributed by atoms with Crippen molar-refractivity contribution in [1.29, 1.82) is 0 Å². The van der Waals surface area contributed by atoms with Crippen molar-refractivity contribution in [2.45, 2.75) is 18.0 Å². The van der Waals surface area contributed by atoms with Crippen LogP contribution >= 0.6 is 11.8 Å². The number of carbonyl (C=O) groups excluding carboxylic acids is 1. The van der Waals surface area contributed by atoms with E-state index in [0.717, 1.165) is 12.3 Å². The van der Waals surface area contributed by atoms with E-state index in [2.05, 4.69) is 0 Å². The summed E-state index contributed by atoms with van der Waals surface area (Å²) in [6.07, 6.45) is 1.08. The summed E-state index contributed by atoms with van der Waals surface area (Å²) in [6, 6.07) is 0.162. The largest absolute Gasteiger partial charge is 0.503 e. The summed E-state index contributed by atoms with van der Waals surface area (Å²) in [5.74, 6) is -3.03. The van der Waals surface area contributed by atoms with Crippen LogP contribution in [0.25, 0.3) is 0 Å². The quantitative estimate of drug-likeness (QED) is 0.305. The first-order valence-electron chi connectivity index (χ1n) is 9.07. The highest BCUT2D eigenvalue weighted by Gasteiger charge is 2.52. The van der Waals surface area contributed by atoms with Gasteiger partial charge in [-0.1, -0.05) is 0 Å². The molecule has 0 radical (unpaired) electrons. The number of aromatic carboxylic acids is 1. The molecule has 1 aromatic heterocycles. The number of aromatic nitrogens is 1. The molecule has 3 heterocycles. The van der Waals surface area contributed by atoms with Crippen LogP contribution in [0.15, 0.2) is 28.3 Å². The monoisotopic (exact) mass is 439 g/mol. The molecule has 5 N–H and O–H groups in total. The summed E-state index contributed by atoms with van der Waals surface area (Å²) >= 11 is 1.42. The number of rotatable bonds is 7. The minimum Gasteiger partial charge on any atom is -0.503 e. The van der Waals surface area contributed by atoms with E-state index in [1.54, 1.807) is 0 Å². The molecule has 11 nitrogen and oxygen atoms in total. The Hall–Kier alpha value is -2.83. The smallest absolute Gasteiger partial charge is 0.352 e. The van der Waals surface area contributed by atoms with Crippen LogP contribution in [-0.2, 0) is 16.1 Å². The Labute approximate surface area is 175 Å². The molecule has 2 aliphatic heterocycles. The lowest BCUT2D eigenvalue weighted by Crippen LogP contribution is -2.68. The molecule has 162 valence electrons. The Kier molecular flexibility index (Phi) is 5.67. The van der Waals surface area contributed by atoms with Crippen molar-refractivity contribution >= 4 is 29.6 Å². The number of β-lactam (4-membered cyclic amide) rings is 1. The maximum atomic E-state index is 12.1. The van der Waals surface area contributed by atoms with Gasteiger partial charge in [-0.2, -0.15) is 0 Å². The molecule has 1 aromatic rings. The number of nitrogens with zero attached hydrogens (tertiary/aromatic N) is 3. The molecular weight excluding hydrogens is 416 g/mol. The second-order valence-electron chi connectivity index (χ2n) is 7.92. The van der Waals surface area contributed by atoms with Crippen molar-refractivity contribution in [3.8, 4) is 5.75 Å². The van der Waals surface area contributed by atoms with E-state index >= 15 is 0 Å². The number of likely N-dealkylation sites (N-methyl/N-ethyl adjacent to an activating group) is 1. The van der Waals surface area contributed by atoms with E-state index < -0.39 is 35.1 Å². The molecule has 2 atom stereocenters. The van der Waals surface area contributed by atoms with Gasteiger partial charge in [-0.05, 0) is 0 Å². The van der Waals surface area contributed by atoms with Crippen LogP contribution in [0, 0.1) is 0 Å². The predicted molar refractivity (Wildman–Crippen MR) is 107 cm³/mol. The van der Waals surface area contributed by atoms with Crippen molar-refractivity contribution in [1.82, 2.24) is 9.47 Å². The van der Waals surface area contributed by atoms with Crippen LogP contribution in [0.2, 0.25) is 0 Å². The molecule has 0 saturated carbocycles. The normalized spacial score (nSPS) is 21.3. The second-order valence-corrected chi connectivity index (χ2v) is 9.02. The Morgan fingerprint density at radius 3 is 2.53 bits per heavy atom. The summed E-state index contributed by atoms with van der Waals surface area (Å²) in [5.41, 5.74) is 5.29. The first kappa shape index (κ1) is 21.9. The fourth-order valence-electron chi connectivity index (χ4n) is 3.61. The molecule has 1 saturated heterocycles. The fraction of sp³-hybridized carbons (Fsp3) is 0.444. The topological polar surface area (TPSA) is 163 Å². The van der Waals surface area contributed by atoms with Crippen LogP contribution in [0.1, 0.15) is 10.5 Å². The number of nitrogens with two attached hydrogens (primary N) is 1. The van der Waals surface area contributed by atoms with Crippen molar-refractivity contribution in [3.05, 3.63) is 39.5 Å². The number of fused-ring (bicyclic) bond motifs is 1. The number of carbonyl (C=O) groups is 3. The first-order valence-corrected chi connectivity index (χ1v) is 10.1. The van der Waals surface area contributed by atoms with Crippen molar-refractivity contribution in [2.24, 2.45) is 5.73 Å². The fourth-order valence-corrected chi connectivity index (χ4v) is 4.89. The highest BCUT2D eigenvalue weighted by Crippen LogP contribution is 2.39. The second kappa shape index (κ2) is 7.78. The van der Waals surface area contributed by atoms with Gasteiger partial charge in [0.25, 0.3) is 0 Å². The molecule has 3 rings (SSSR count).